The fourth-order valence-electron chi connectivity index (χ4n) is 2.65. The van der Waals surface area contributed by atoms with Gasteiger partial charge in [-0.3, -0.25) is 9.59 Å². The Labute approximate surface area is 174 Å². The predicted molar refractivity (Wildman–Crippen MR) is 114 cm³/mol. The van der Waals surface area contributed by atoms with E-state index in [4.69, 9.17) is 9.47 Å². The average Bonchev–Trinajstić information content (AvgIpc) is 2.59. The van der Waals surface area contributed by atoms with Gasteiger partial charge in [0, 0.05) is 18.9 Å². The molecular weight excluding hydrogens is 445 g/mol. The largest absolute Gasteiger partial charge is 0.465 e. The lowest BCUT2D eigenvalue weighted by molar-refractivity contribution is -0.153. The van der Waals surface area contributed by atoms with Crippen molar-refractivity contribution in [2.75, 3.05) is 32.8 Å². The summed E-state index contributed by atoms with van der Waals surface area (Å²) in [6.45, 7) is 12.9. The van der Waals surface area contributed by atoms with E-state index in [0.717, 1.165) is 25.2 Å². The molecule has 0 amide bonds. The minimum Gasteiger partial charge on any atom is -0.465 e. The summed E-state index contributed by atoms with van der Waals surface area (Å²) in [5.41, 5.74) is 0.639. The summed E-state index contributed by atoms with van der Waals surface area (Å²) < 4.78 is 10.7. The summed E-state index contributed by atoms with van der Waals surface area (Å²) in [5, 5.41) is 0. The number of carbonyl (C=O) groups excluding carboxylic acids is 2. The maximum absolute atomic E-state index is 12.6. The summed E-state index contributed by atoms with van der Waals surface area (Å²) >= 11 is 0. The van der Waals surface area contributed by atoms with Crippen LogP contribution in [0.25, 0.3) is 0 Å². The average molecular weight is 477 g/mol. The van der Waals surface area contributed by atoms with Gasteiger partial charge in [-0.15, -0.1) is 24.0 Å². The number of nitrogens with zero attached hydrogens (tertiary/aromatic N) is 1. The van der Waals surface area contributed by atoms with Crippen LogP contribution in [0.4, 0.5) is 0 Å². The Morgan fingerprint density at radius 2 is 1.65 bits per heavy atom. The number of hydrogen-bond donors (Lipinski definition) is 0. The molecule has 0 aliphatic rings. The van der Waals surface area contributed by atoms with E-state index in [1.165, 1.54) is 6.92 Å². The van der Waals surface area contributed by atoms with E-state index in [1.807, 2.05) is 30.3 Å². The molecule has 0 saturated heterocycles. The van der Waals surface area contributed by atoms with Crippen molar-refractivity contribution in [3.63, 3.8) is 0 Å². The first-order valence-electron chi connectivity index (χ1n) is 8.86. The number of carbonyl (C=O) groups is 2. The van der Waals surface area contributed by atoms with Crippen molar-refractivity contribution in [3.8, 4) is 0 Å². The lowest BCUT2D eigenvalue weighted by Crippen LogP contribution is -2.38. The van der Waals surface area contributed by atoms with E-state index >= 15 is 0 Å². The molecule has 0 heterocycles. The number of benzene rings is 1. The minimum absolute atomic E-state index is 0. The SMILES string of the molecule is CCN(CC)CC(C)(C)COC(=O)C(COC(C)=O)c1ccccc1.I. The Bertz CT molecular complexity index is 544. The van der Waals surface area contributed by atoms with Gasteiger partial charge < -0.3 is 14.4 Å². The molecule has 1 atom stereocenters. The molecule has 1 aromatic carbocycles. The summed E-state index contributed by atoms with van der Waals surface area (Å²) in [7, 11) is 0. The van der Waals surface area contributed by atoms with Crippen molar-refractivity contribution in [1.29, 1.82) is 0 Å². The molecule has 1 aromatic rings. The zero-order chi connectivity index (χ0) is 18.9. The highest BCUT2D eigenvalue weighted by molar-refractivity contribution is 14.0. The molecular formula is C20H32INO4. The first kappa shape index (κ1) is 24.8. The molecule has 0 aliphatic heterocycles. The lowest BCUT2D eigenvalue weighted by atomic mass is 9.93. The maximum atomic E-state index is 12.6. The van der Waals surface area contributed by atoms with E-state index in [0.29, 0.717) is 6.61 Å². The molecule has 0 aromatic heterocycles. The van der Waals surface area contributed by atoms with E-state index < -0.39 is 11.9 Å². The molecule has 0 aliphatic carbocycles. The van der Waals surface area contributed by atoms with Gasteiger partial charge in [0.05, 0.1) is 6.61 Å². The number of halogens is 1. The zero-order valence-electron chi connectivity index (χ0n) is 16.5. The monoisotopic (exact) mass is 477 g/mol. The van der Waals surface area contributed by atoms with Crippen LogP contribution in [0, 0.1) is 5.41 Å². The highest BCUT2D eigenvalue weighted by Crippen LogP contribution is 2.22. The second-order valence-electron chi connectivity index (χ2n) is 7.00. The van der Waals surface area contributed by atoms with Gasteiger partial charge in [0.1, 0.15) is 12.5 Å². The molecule has 0 N–H and O–H groups in total. The smallest absolute Gasteiger partial charge is 0.316 e. The van der Waals surface area contributed by atoms with Crippen molar-refractivity contribution in [2.24, 2.45) is 5.41 Å². The topological polar surface area (TPSA) is 55.8 Å². The predicted octanol–water partition coefficient (Wildman–Crippen LogP) is 3.86. The van der Waals surface area contributed by atoms with Crippen LogP contribution >= 0.6 is 24.0 Å². The van der Waals surface area contributed by atoms with E-state index in [9.17, 15) is 9.59 Å². The van der Waals surface area contributed by atoms with Gasteiger partial charge in [0.25, 0.3) is 0 Å². The minimum atomic E-state index is -0.602. The number of hydrogen-bond acceptors (Lipinski definition) is 5. The summed E-state index contributed by atoms with van der Waals surface area (Å²) in [6, 6.07) is 9.28. The first-order valence-corrected chi connectivity index (χ1v) is 8.86. The second kappa shape index (κ2) is 12.3. The summed E-state index contributed by atoms with van der Waals surface area (Å²) in [5.74, 6) is -1.37. The van der Waals surface area contributed by atoms with E-state index in [-0.39, 0.29) is 42.0 Å². The molecule has 0 bridgehead atoms. The van der Waals surface area contributed by atoms with Crippen molar-refractivity contribution < 1.29 is 19.1 Å². The van der Waals surface area contributed by atoms with E-state index in [1.54, 1.807) is 0 Å². The third-order valence-corrected chi connectivity index (χ3v) is 4.09. The fraction of sp³-hybridized carbons (Fsp3) is 0.600. The van der Waals surface area contributed by atoms with Gasteiger partial charge in [-0.2, -0.15) is 0 Å². The van der Waals surface area contributed by atoms with Gasteiger partial charge in [-0.1, -0.05) is 58.0 Å². The van der Waals surface area contributed by atoms with Crippen LogP contribution in [-0.2, 0) is 19.1 Å². The number of esters is 2. The van der Waals surface area contributed by atoms with Gasteiger partial charge in [0.15, 0.2) is 0 Å². The van der Waals surface area contributed by atoms with Gasteiger partial charge >= 0.3 is 11.9 Å². The van der Waals surface area contributed by atoms with Crippen molar-refractivity contribution in [1.82, 2.24) is 4.90 Å². The molecule has 26 heavy (non-hydrogen) atoms. The molecule has 6 heteroatoms. The van der Waals surface area contributed by atoms with E-state index in [2.05, 4.69) is 32.6 Å². The normalized spacial score (nSPS) is 12.2. The Morgan fingerprint density at radius 1 is 1.08 bits per heavy atom. The molecule has 0 fully saturated rings. The molecule has 0 radical (unpaired) electrons. The highest BCUT2D eigenvalue weighted by Gasteiger charge is 2.28. The van der Waals surface area contributed by atoms with Gasteiger partial charge in [0.2, 0.25) is 0 Å². The van der Waals surface area contributed by atoms with Crippen LogP contribution in [0.2, 0.25) is 0 Å². The van der Waals surface area contributed by atoms with Crippen LogP contribution in [0.5, 0.6) is 0 Å². The zero-order valence-corrected chi connectivity index (χ0v) is 18.8. The summed E-state index contributed by atoms with van der Waals surface area (Å²) in [6.07, 6.45) is 0. The van der Waals surface area contributed by atoms with Gasteiger partial charge in [-0.25, -0.2) is 0 Å². The fourth-order valence-corrected chi connectivity index (χ4v) is 2.65. The summed E-state index contributed by atoms with van der Waals surface area (Å²) in [4.78, 5) is 26.0. The van der Waals surface area contributed by atoms with Crippen molar-refractivity contribution >= 4 is 35.9 Å². The van der Waals surface area contributed by atoms with Crippen molar-refractivity contribution in [3.05, 3.63) is 35.9 Å². The molecule has 1 unspecified atom stereocenters. The first-order chi connectivity index (χ1) is 11.8. The molecule has 1 rings (SSSR count). The molecule has 148 valence electrons. The second-order valence-corrected chi connectivity index (χ2v) is 7.00. The molecule has 0 saturated carbocycles. The van der Waals surface area contributed by atoms with Crippen LogP contribution in [-0.4, -0.2) is 49.7 Å². The quantitative estimate of drug-likeness (QED) is 0.379. The standard InChI is InChI=1S/C20H31NO4.HI/c1-6-21(7-2)14-20(4,5)15-25-19(23)18(13-24-16(3)22)17-11-9-8-10-12-17;/h8-12,18H,6-7,13-15H2,1-5H3;1H. The van der Waals surface area contributed by atoms with Crippen molar-refractivity contribution in [2.45, 2.75) is 40.5 Å². The van der Waals surface area contributed by atoms with Crippen LogP contribution in [0.15, 0.2) is 30.3 Å². The van der Waals surface area contributed by atoms with Crippen LogP contribution in [0.1, 0.15) is 46.1 Å². The Balaban J connectivity index is 0.00000625. The maximum Gasteiger partial charge on any atom is 0.316 e. The Kier molecular flexibility index (Phi) is 11.7. The third-order valence-electron chi connectivity index (χ3n) is 4.09. The number of rotatable bonds is 10. The molecule has 5 nitrogen and oxygen atoms in total. The Hall–Kier alpha value is -1.15. The highest BCUT2D eigenvalue weighted by atomic mass is 127. The number of ether oxygens (including phenoxy) is 2. The third kappa shape index (κ3) is 8.98. The van der Waals surface area contributed by atoms with Crippen LogP contribution in [0.3, 0.4) is 0 Å². The molecule has 0 spiro atoms. The Morgan fingerprint density at radius 3 is 2.15 bits per heavy atom. The van der Waals surface area contributed by atoms with Gasteiger partial charge in [-0.05, 0) is 18.7 Å². The van der Waals surface area contributed by atoms with Crippen LogP contribution < -0.4 is 0 Å². The lowest BCUT2D eigenvalue weighted by Gasteiger charge is -2.31.